The molecule has 0 unspecified atom stereocenters. The number of aromatic nitrogens is 1. The van der Waals surface area contributed by atoms with Crippen molar-refractivity contribution in [2.45, 2.75) is 6.54 Å². The summed E-state index contributed by atoms with van der Waals surface area (Å²) in [5.41, 5.74) is 3.40. The molecule has 3 rings (SSSR count). The standard InChI is InChI=1S/C22H20ClN3O4/c1-29-19-10-9-15(12-20(19)30-2)13-24-25-21(27)17-7-5-11-26(22(17)28)14-16-6-3-4-8-18(16)23/h3-13H,14H2,1-2H3,(H,25,27)/b24-13-. The third-order valence-electron chi connectivity index (χ3n) is 4.35. The fourth-order valence-electron chi connectivity index (χ4n) is 2.80. The summed E-state index contributed by atoms with van der Waals surface area (Å²) in [6.45, 7) is 0.258. The summed E-state index contributed by atoms with van der Waals surface area (Å²) in [7, 11) is 3.08. The molecule has 30 heavy (non-hydrogen) atoms. The number of nitrogens with zero attached hydrogens (tertiary/aromatic N) is 2. The van der Waals surface area contributed by atoms with Crippen LogP contribution in [0.1, 0.15) is 21.5 Å². The Morgan fingerprint density at radius 3 is 2.60 bits per heavy atom. The zero-order valence-electron chi connectivity index (χ0n) is 16.5. The molecule has 0 aliphatic rings. The van der Waals surface area contributed by atoms with Gasteiger partial charge in [-0.25, -0.2) is 5.43 Å². The molecular formula is C22H20ClN3O4. The molecule has 0 saturated heterocycles. The van der Waals surface area contributed by atoms with Gasteiger partial charge in [-0.2, -0.15) is 5.10 Å². The lowest BCUT2D eigenvalue weighted by atomic mass is 10.2. The number of hydrogen-bond acceptors (Lipinski definition) is 5. The minimum absolute atomic E-state index is 0.0194. The van der Waals surface area contributed by atoms with Crippen molar-refractivity contribution in [2.75, 3.05) is 14.2 Å². The molecule has 2 aromatic carbocycles. The Hall–Kier alpha value is -3.58. The molecule has 3 aromatic rings. The van der Waals surface area contributed by atoms with Gasteiger partial charge in [0.2, 0.25) is 0 Å². The number of ether oxygens (including phenoxy) is 2. The number of halogens is 1. The summed E-state index contributed by atoms with van der Waals surface area (Å²) in [5.74, 6) is 0.519. The lowest BCUT2D eigenvalue weighted by molar-refractivity contribution is 0.0953. The quantitative estimate of drug-likeness (QED) is 0.465. The van der Waals surface area contributed by atoms with Gasteiger partial charge in [0, 0.05) is 11.2 Å². The maximum absolute atomic E-state index is 12.7. The number of methoxy groups -OCH3 is 2. The molecule has 0 fully saturated rings. The number of nitrogens with one attached hydrogen (secondary N) is 1. The zero-order valence-corrected chi connectivity index (χ0v) is 17.2. The van der Waals surface area contributed by atoms with Crippen molar-refractivity contribution in [2.24, 2.45) is 5.10 Å². The molecule has 1 heterocycles. The fraction of sp³-hybridized carbons (Fsp3) is 0.136. The highest BCUT2D eigenvalue weighted by Crippen LogP contribution is 2.26. The van der Waals surface area contributed by atoms with Gasteiger partial charge in [0.15, 0.2) is 11.5 Å². The van der Waals surface area contributed by atoms with Crippen LogP contribution < -0.4 is 20.5 Å². The van der Waals surface area contributed by atoms with Gasteiger partial charge in [0.05, 0.1) is 27.0 Å². The van der Waals surface area contributed by atoms with Gasteiger partial charge >= 0.3 is 0 Å². The minimum atomic E-state index is -0.606. The Morgan fingerprint density at radius 2 is 1.87 bits per heavy atom. The molecule has 0 bridgehead atoms. The van der Waals surface area contributed by atoms with Gasteiger partial charge in [-0.3, -0.25) is 9.59 Å². The molecule has 1 aromatic heterocycles. The van der Waals surface area contributed by atoms with E-state index in [9.17, 15) is 9.59 Å². The molecule has 7 nitrogen and oxygen atoms in total. The van der Waals surface area contributed by atoms with Gasteiger partial charge in [-0.05, 0) is 47.5 Å². The number of pyridine rings is 1. The second kappa shape index (κ2) is 9.76. The van der Waals surface area contributed by atoms with E-state index < -0.39 is 11.5 Å². The lowest BCUT2D eigenvalue weighted by Crippen LogP contribution is -2.31. The van der Waals surface area contributed by atoms with E-state index in [0.29, 0.717) is 22.1 Å². The number of benzene rings is 2. The van der Waals surface area contributed by atoms with Crippen LogP contribution in [0.25, 0.3) is 0 Å². The molecule has 0 aliphatic heterocycles. The average Bonchev–Trinajstić information content (AvgIpc) is 2.76. The van der Waals surface area contributed by atoms with Gasteiger partial charge in [-0.15, -0.1) is 0 Å². The Bertz CT molecular complexity index is 1140. The zero-order chi connectivity index (χ0) is 21.5. The van der Waals surface area contributed by atoms with Crippen LogP contribution in [0.4, 0.5) is 0 Å². The lowest BCUT2D eigenvalue weighted by Gasteiger charge is -2.09. The number of rotatable bonds is 7. The summed E-state index contributed by atoms with van der Waals surface area (Å²) >= 11 is 6.17. The van der Waals surface area contributed by atoms with Crippen LogP contribution >= 0.6 is 11.6 Å². The van der Waals surface area contributed by atoms with Gasteiger partial charge in [0.25, 0.3) is 11.5 Å². The molecule has 1 amide bonds. The average molecular weight is 426 g/mol. The van der Waals surface area contributed by atoms with Crippen LogP contribution in [-0.2, 0) is 6.54 Å². The summed E-state index contributed by atoms with van der Waals surface area (Å²) in [5, 5.41) is 4.48. The fourth-order valence-corrected chi connectivity index (χ4v) is 3.00. The van der Waals surface area contributed by atoms with Gasteiger partial charge in [0.1, 0.15) is 5.56 Å². The second-order valence-corrected chi connectivity index (χ2v) is 6.67. The number of carbonyl (C=O) groups excluding carboxylic acids is 1. The predicted octanol–water partition coefficient (Wildman–Crippen LogP) is 3.33. The molecule has 0 aliphatic carbocycles. The summed E-state index contributed by atoms with van der Waals surface area (Å²) in [6.07, 6.45) is 3.06. The first-order valence-corrected chi connectivity index (χ1v) is 9.39. The number of hydrazone groups is 1. The molecule has 8 heteroatoms. The monoisotopic (exact) mass is 425 g/mol. The molecular weight excluding hydrogens is 406 g/mol. The third-order valence-corrected chi connectivity index (χ3v) is 4.72. The van der Waals surface area contributed by atoms with Crippen molar-refractivity contribution in [1.29, 1.82) is 0 Å². The van der Waals surface area contributed by atoms with E-state index in [1.807, 2.05) is 18.2 Å². The van der Waals surface area contributed by atoms with Crippen molar-refractivity contribution >= 4 is 23.7 Å². The van der Waals surface area contributed by atoms with Crippen molar-refractivity contribution in [3.63, 3.8) is 0 Å². The van der Waals surface area contributed by atoms with Crippen LogP contribution in [0.3, 0.4) is 0 Å². The van der Waals surface area contributed by atoms with Crippen LogP contribution in [0, 0.1) is 0 Å². The first-order valence-electron chi connectivity index (χ1n) is 9.01. The van der Waals surface area contributed by atoms with Crippen LogP contribution in [0.15, 0.2) is 70.7 Å². The van der Waals surface area contributed by atoms with Crippen molar-refractivity contribution in [3.8, 4) is 11.5 Å². The van der Waals surface area contributed by atoms with E-state index in [2.05, 4.69) is 10.5 Å². The first kappa shape index (κ1) is 21.1. The molecule has 0 atom stereocenters. The molecule has 0 saturated carbocycles. The van der Waals surface area contributed by atoms with E-state index in [0.717, 1.165) is 5.56 Å². The van der Waals surface area contributed by atoms with E-state index in [1.54, 1.807) is 43.6 Å². The van der Waals surface area contributed by atoms with Crippen LogP contribution in [-0.4, -0.2) is 30.9 Å². The van der Waals surface area contributed by atoms with Gasteiger partial charge < -0.3 is 14.0 Å². The Balaban J connectivity index is 1.74. The Labute approximate surface area is 178 Å². The van der Waals surface area contributed by atoms with E-state index in [4.69, 9.17) is 21.1 Å². The van der Waals surface area contributed by atoms with E-state index in [1.165, 1.54) is 24.0 Å². The SMILES string of the molecule is COc1ccc(/C=N\NC(=O)c2cccn(Cc3ccccc3Cl)c2=O)cc1OC. The predicted molar refractivity (Wildman–Crippen MR) is 116 cm³/mol. The highest BCUT2D eigenvalue weighted by molar-refractivity contribution is 6.31. The topological polar surface area (TPSA) is 81.9 Å². The summed E-state index contributed by atoms with van der Waals surface area (Å²) in [4.78, 5) is 25.1. The Morgan fingerprint density at radius 1 is 1.10 bits per heavy atom. The first-order chi connectivity index (χ1) is 14.5. The molecule has 1 N–H and O–H groups in total. The van der Waals surface area contributed by atoms with Crippen molar-refractivity contribution in [1.82, 2.24) is 9.99 Å². The maximum atomic E-state index is 12.7. The molecule has 0 radical (unpaired) electrons. The Kier molecular flexibility index (Phi) is 6.87. The molecule has 154 valence electrons. The molecule has 0 spiro atoms. The van der Waals surface area contributed by atoms with Crippen LogP contribution in [0.2, 0.25) is 5.02 Å². The third kappa shape index (κ3) is 4.87. The van der Waals surface area contributed by atoms with E-state index >= 15 is 0 Å². The number of amides is 1. The summed E-state index contributed by atoms with van der Waals surface area (Å²) in [6, 6.07) is 15.5. The minimum Gasteiger partial charge on any atom is -0.493 e. The van der Waals surface area contributed by atoms with Crippen molar-refractivity contribution in [3.05, 3.63) is 92.9 Å². The van der Waals surface area contributed by atoms with Crippen molar-refractivity contribution < 1.29 is 14.3 Å². The largest absolute Gasteiger partial charge is 0.493 e. The highest BCUT2D eigenvalue weighted by atomic mass is 35.5. The second-order valence-electron chi connectivity index (χ2n) is 6.26. The highest BCUT2D eigenvalue weighted by Gasteiger charge is 2.12. The maximum Gasteiger partial charge on any atom is 0.276 e. The number of carbonyl (C=O) groups is 1. The normalized spacial score (nSPS) is 10.8. The van der Waals surface area contributed by atoms with E-state index in [-0.39, 0.29) is 12.1 Å². The summed E-state index contributed by atoms with van der Waals surface area (Å²) < 4.78 is 11.8. The van der Waals surface area contributed by atoms with Gasteiger partial charge in [-0.1, -0.05) is 29.8 Å². The van der Waals surface area contributed by atoms with Crippen LogP contribution in [0.5, 0.6) is 11.5 Å². The number of hydrogen-bond donors (Lipinski definition) is 1. The smallest absolute Gasteiger partial charge is 0.276 e.